The van der Waals surface area contributed by atoms with E-state index in [4.69, 9.17) is 4.74 Å². The van der Waals surface area contributed by atoms with Crippen LogP contribution in [0.4, 0.5) is 21.5 Å². The minimum absolute atomic E-state index is 0.318. The van der Waals surface area contributed by atoms with E-state index in [0.717, 1.165) is 11.3 Å². The van der Waals surface area contributed by atoms with E-state index < -0.39 is 5.97 Å². The van der Waals surface area contributed by atoms with Crippen molar-refractivity contribution in [3.05, 3.63) is 89.7 Å². The van der Waals surface area contributed by atoms with E-state index in [1.54, 1.807) is 18.2 Å². The van der Waals surface area contributed by atoms with Crippen LogP contribution in [0.3, 0.4) is 0 Å². The summed E-state index contributed by atoms with van der Waals surface area (Å²) in [4.78, 5) is 12.0. The summed E-state index contributed by atoms with van der Waals surface area (Å²) in [5, 5.41) is 6.47. The monoisotopic (exact) mass is 350 g/mol. The molecule has 0 spiro atoms. The minimum atomic E-state index is -0.441. The summed E-state index contributed by atoms with van der Waals surface area (Å²) in [5.74, 6) is -0.758. The van der Waals surface area contributed by atoms with Gasteiger partial charge < -0.3 is 15.4 Å². The summed E-state index contributed by atoms with van der Waals surface area (Å²) in [5.41, 5.74) is 3.67. The van der Waals surface area contributed by atoms with E-state index in [-0.39, 0.29) is 5.82 Å². The first-order valence-electron chi connectivity index (χ1n) is 8.18. The molecule has 3 aromatic carbocycles. The third-order valence-corrected chi connectivity index (χ3v) is 3.89. The number of methoxy groups -OCH3 is 1. The SMILES string of the molecule is COC(=O)c1ccc(NCc2ccccc2)cc1Nc1ccc(F)cc1. The number of benzene rings is 3. The maximum Gasteiger partial charge on any atom is 0.339 e. The molecule has 0 fully saturated rings. The molecular formula is C21H19FN2O2. The Morgan fingerprint density at radius 3 is 2.35 bits per heavy atom. The molecule has 2 N–H and O–H groups in total. The van der Waals surface area contributed by atoms with Gasteiger partial charge in [-0.15, -0.1) is 0 Å². The summed E-state index contributed by atoms with van der Waals surface area (Å²) in [6.45, 7) is 0.661. The Hall–Kier alpha value is -3.34. The minimum Gasteiger partial charge on any atom is -0.465 e. The van der Waals surface area contributed by atoms with Crippen molar-refractivity contribution < 1.29 is 13.9 Å². The first-order valence-corrected chi connectivity index (χ1v) is 8.18. The Balaban J connectivity index is 1.83. The van der Waals surface area contributed by atoms with Crippen molar-refractivity contribution in [2.45, 2.75) is 6.54 Å². The quantitative estimate of drug-likeness (QED) is 0.617. The number of carbonyl (C=O) groups is 1. The van der Waals surface area contributed by atoms with E-state index in [0.29, 0.717) is 23.5 Å². The van der Waals surface area contributed by atoms with E-state index in [9.17, 15) is 9.18 Å². The van der Waals surface area contributed by atoms with Gasteiger partial charge in [-0.25, -0.2) is 9.18 Å². The molecule has 0 heterocycles. The summed E-state index contributed by atoms with van der Waals surface area (Å²) in [7, 11) is 1.34. The Morgan fingerprint density at radius 1 is 0.962 bits per heavy atom. The predicted molar refractivity (Wildman–Crippen MR) is 101 cm³/mol. The van der Waals surface area contributed by atoms with E-state index in [2.05, 4.69) is 10.6 Å². The van der Waals surface area contributed by atoms with Gasteiger partial charge in [-0.1, -0.05) is 30.3 Å². The van der Waals surface area contributed by atoms with Crippen molar-refractivity contribution in [2.24, 2.45) is 0 Å². The first-order chi connectivity index (χ1) is 12.7. The molecule has 0 aliphatic rings. The normalized spacial score (nSPS) is 10.2. The zero-order valence-electron chi connectivity index (χ0n) is 14.3. The number of hydrogen-bond donors (Lipinski definition) is 2. The van der Waals surface area contributed by atoms with Gasteiger partial charge in [0, 0.05) is 17.9 Å². The Morgan fingerprint density at radius 2 is 1.65 bits per heavy atom. The van der Waals surface area contributed by atoms with Crippen LogP contribution in [-0.2, 0) is 11.3 Å². The van der Waals surface area contributed by atoms with Crippen LogP contribution in [0.1, 0.15) is 15.9 Å². The van der Waals surface area contributed by atoms with Gasteiger partial charge >= 0.3 is 5.97 Å². The maximum atomic E-state index is 13.1. The van der Waals surface area contributed by atoms with Gasteiger partial charge in [-0.05, 0) is 48.0 Å². The third kappa shape index (κ3) is 4.39. The number of ether oxygens (including phenoxy) is 1. The van der Waals surface area contributed by atoms with Gasteiger partial charge in [-0.3, -0.25) is 0 Å². The second-order valence-electron chi connectivity index (χ2n) is 5.72. The number of nitrogens with one attached hydrogen (secondary N) is 2. The molecule has 0 unspecified atom stereocenters. The maximum absolute atomic E-state index is 13.1. The van der Waals surface area contributed by atoms with Crippen molar-refractivity contribution >= 4 is 23.0 Å². The van der Waals surface area contributed by atoms with Crippen molar-refractivity contribution in [1.29, 1.82) is 0 Å². The molecule has 0 aromatic heterocycles. The van der Waals surface area contributed by atoms with Crippen LogP contribution in [-0.4, -0.2) is 13.1 Å². The van der Waals surface area contributed by atoms with Crippen LogP contribution < -0.4 is 10.6 Å². The largest absolute Gasteiger partial charge is 0.465 e. The molecule has 0 amide bonds. The zero-order valence-corrected chi connectivity index (χ0v) is 14.3. The fraction of sp³-hybridized carbons (Fsp3) is 0.0952. The lowest BCUT2D eigenvalue weighted by molar-refractivity contribution is 0.0602. The van der Waals surface area contributed by atoms with Crippen LogP contribution >= 0.6 is 0 Å². The molecule has 0 bridgehead atoms. The lowest BCUT2D eigenvalue weighted by Crippen LogP contribution is -2.07. The van der Waals surface area contributed by atoms with Crippen LogP contribution in [0, 0.1) is 5.82 Å². The van der Waals surface area contributed by atoms with Gasteiger partial charge in [-0.2, -0.15) is 0 Å². The smallest absolute Gasteiger partial charge is 0.339 e. The lowest BCUT2D eigenvalue weighted by atomic mass is 10.1. The van der Waals surface area contributed by atoms with Gasteiger partial charge in [0.15, 0.2) is 0 Å². The number of hydrogen-bond acceptors (Lipinski definition) is 4. The number of carbonyl (C=O) groups excluding carboxylic acids is 1. The molecule has 132 valence electrons. The summed E-state index contributed by atoms with van der Waals surface area (Å²) < 4.78 is 17.9. The molecule has 26 heavy (non-hydrogen) atoms. The highest BCUT2D eigenvalue weighted by Gasteiger charge is 2.13. The van der Waals surface area contributed by atoms with Crippen molar-refractivity contribution in [2.75, 3.05) is 17.7 Å². The fourth-order valence-corrected chi connectivity index (χ4v) is 2.53. The summed E-state index contributed by atoms with van der Waals surface area (Å²) in [6, 6.07) is 21.3. The Kier molecular flexibility index (Phi) is 5.49. The highest BCUT2D eigenvalue weighted by molar-refractivity contribution is 5.97. The van der Waals surface area contributed by atoms with E-state index in [1.807, 2.05) is 42.5 Å². The fourth-order valence-electron chi connectivity index (χ4n) is 2.53. The Labute approximate surface area is 151 Å². The van der Waals surface area contributed by atoms with Crippen LogP contribution in [0.15, 0.2) is 72.8 Å². The average Bonchev–Trinajstić information content (AvgIpc) is 2.68. The van der Waals surface area contributed by atoms with Gasteiger partial charge in [0.25, 0.3) is 0 Å². The van der Waals surface area contributed by atoms with Gasteiger partial charge in [0.2, 0.25) is 0 Å². The van der Waals surface area contributed by atoms with Crippen molar-refractivity contribution in [3.63, 3.8) is 0 Å². The van der Waals surface area contributed by atoms with Crippen LogP contribution in [0.25, 0.3) is 0 Å². The second-order valence-corrected chi connectivity index (χ2v) is 5.72. The standard InChI is InChI=1S/C21H19FN2O2/c1-26-21(25)19-12-11-18(23-14-15-5-3-2-4-6-15)13-20(19)24-17-9-7-16(22)8-10-17/h2-13,23-24H,14H2,1H3. The highest BCUT2D eigenvalue weighted by atomic mass is 19.1. The van der Waals surface area contributed by atoms with Crippen molar-refractivity contribution in [3.8, 4) is 0 Å². The van der Waals surface area contributed by atoms with E-state index in [1.165, 1.54) is 19.2 Å². The van der Waals surface area contributed by atoms with Gasteiger partial charge in [0.1, 0.15) is 5.82 Å². The van der Waals surface area contributed by atoms with Crippen LogP contribution in [0.5, 0.6) is 0 Å². The number of halogens is 1. The Bertz CT molecular complexity index is 880. The first kappa shape index (κ1) is 17.5. The number of rotatable bonds is 6. The second kappa shape index (κ2) is 8.16. The van der Waals surface area contributed by atoms with Crippen LogP contribution in [0.2, 0.25) is 0 Å². The van der Waals surface area contributed by atoms with Gasteiger partial charge in [0.05, 0.1) is 18.4 Å². The molecule has 0 atom stereocenters. The van der Waals surface area contributed by atoms with E-state index >= 15 is 0 Å². The summed E-state index contributed by atoms with van der Waals surface area (Å²) in [6.07, 6.45) is 0. The molecular weight excluding hydrogens is 331 g/mol. The summed E-state index contributed by atoms with van der Waals surface area (Å²) >= 11 is 0. The molecule has 4 nitrogen and oxygen atoms in total. The zero-order chi connectivity index (χ0) is 18.4. The number of esters is 1. The molecule has 3 aromatic rings. The molecule has 0 radical (unpaired) electrons. The highest BCUT2D eigenvalue weighted by Crippen LogP contribution is 2.26. The molecule has 0 aliphatic heterocycles. The lowest BCUT2D eigenvalue weighted by Gasteiger charge is -2.14. The average molecular weight is 350 g/mol. The van der Waals surface area contributed by atoms with Crippen molar-refractivity contribution in [1.82, 2.24) is 0 Å². The molecule has 5 heteroatoms. The third-order valence-electron chi connectivity index (χ3n) is 3.89. The number of anilines is 3. The topological polar surface area (TPSA) is 50.4 Å². The predicted octanol–water partition coefficient (Wildman–Crippen LogP) is 4.97. The molecule has 0 saturated carbocycles. The molecule has 0 saturated heterocycles. The molecule has 0 aliphatic carbocycles. The molecule has 3 rings (SSSR count).